The molecule has 5 heteroatoms. The molecule has 2 atom stereocenters. The number of aliphatic carboxylic acids is 2. The summed E-state index contributed by atoms with van der Waals surface area (Å²) >= 11 is 0. The lowest BCUT2D eigenvalue weighted by atomic mass is 9.91. The number of allylic oxidation sites excluding steroid dienone is 3. The largest absolute Gasteiger partial charge is 0.481 e. The monoisotopic (exact) mass is 225 g/mol. The highest BCUT2D eigenvalue weighted by atomic mass is 16.4. The normalized spacial score (nSPS) is 21.3. The molecule has 1 aliphatic rings. The standard InChI is InChI=1S/C11H15NO4/c12-9(11(15)16)5-7-1-3-8(4-2-7)6-10(13)14/h1-3,8-9H,4-6,12H2,(H,13,14)(H,15,16)/t8?,9-/m0/s1. The van der Waals surface area contributed by atoms with Crippen LogP contribution >= 0.6 is 0 Å². The smallest absolute Gasteiger partial charge is 0.320 e. The van der Waals surface area contributed by atoms with Crippen LogP contribution in [0.4, 0.5) is 0 Å². The lowest BCUT2D eigenvalue weighted by Gasteiger charge is -2.15. The van der Waals surface area contributed by atoms with Gasteiger partial charge < -0.3 is 15.9 Å². The summed E-state index contributed by atoms with van der Waals surface area (Å²) in [5, 5.41) is 17.2. The highest BCUT2D eigenvalue weighted by Crippen LogP contribution is 2.21. The van der Waals surface area contributed by atoms with Gasteiger partial charge in [0.2, 0.25) is 0 Å². The number of carboxylic acids is 2. The van der Waals surface area contributed by atoms with Crippen LogP contribution in [0.5, 0.6) is 0 Å². The molecule has 4 N–H and O–H groups in total. The molecule has 0 saturated carbocycles. The third-order valence-corrected chi connectivity index (χ3v) is 2.47. The Bertz CT molecular complexity index is 346. The molecule has 1 rings (SSSR count). The zero-order valence-electron chi connectivity index (χ0n) is 8.80. The van der Waals surface area contributed by atoms with E-state index in [-0.39, 0.29) is 18.8 Å². The van der Waals surface area contributed by atoms with Crippen LogP contribution in [0.2, 0.25) is 0 Å². The maximum absolute atomic E-state index is 10.5. The third kappa shape index (κ3) is 3.86. The quantitative estimate of drug-likeness (QED) is 0.641. The average Bonchev–Trinajstić information content (AvgIpc) is 2.20. The van der Waals surface area contributed by atoms with Gasteiger partial charge in [0, 0.05) is 0 Å². The van der Waals surface area contributed by atoms with Crippen molar-refractivity contribution in [2.75, 3.05) is 0 Å². The molecule has 88 valence electrons. The number of hydrogen-bond donors (Lipinski definition) is 3. The van der Waals surface area contributed by atoms with Crippen LogP contribution in [0.15, 0.2) is 23.8 Å². The highest BCUT2D eigenvalue weighted by Gasteiger charge is 2.16. The van der Waals surface area contributed by atoms with E-state index >= 15 is 0 Å². The van der Waals surface area contributed by atoms with Crippen molar-refractivity contribution < 1.29 is 19.8 Å². The molecule has 16 heavy (non-hydrogen) atoms. The Kier molecular flexibility index (Phi) is 4.25. The molecule has 0 aromatic carbocycles. The first-order valence-corrected chi connectivity index (χ1v) is 5.06. The van der Waals surface area contributed by atoms with Gasteiger partial charge >= 0.3 is 11.9 Å². The fraction of sp³-hybridized carbons (Fsp3) is 0.455. The van der Waals surface area contributed by atoms with E-state index in [4.69, 9.17) is 15.9 Å². The first-order valence-electron chi connectivity index (χ1n) is 5.06. The summed E-state index contributed by atoms with van der Waals surface area (Å²) in [4.78, 5) is 21.0. The molecule has 0 aromatic heterocycles. The third-order valence-electron chi connectivity index (χ3n) is 2.47. The van der Waals surface area contributed by atoms with Crippen LogP contribution in [-0.2, 0) is 9.59 Å². The van der Waals surface area contributed by atoms with Gasteiger partial charge in [-0.3, -0.25) is 9.59 Å². The van der Waals surface area contributed by atoms with Crippen molar-refractivity contribution in [2.45, 2.75) is 25.3 Å². The summed E-state index contributed by atoms with van der Waals surface area (Å²) in [7, 11) is 0. The number of carbonyl (C=O) groups is 2. The van der Waals surface area contributed by atoms with Gasteiger partial charge in [-0.2, -0.15) is 0 Å². The van der Waals surface area contributed by atoms with Crippen molar-refractivity contribution in [3.63, 3.8) is 0 Å². The van der Waals surface area contributed by atoms with E-state index in [1.54, 1.807) is 12.2 Å². The van der Waals surface area contributed by atoms with Crippen LogP contribution in [-0.4, -0.2) is 28.2 Å². The van der Waals surface area contributed by atoms with Crippen molar-refractivity contribution in [3.05, 3.63) is 23.8 Å². The molecule has 1 aliphatic carbocycles. The molecular formula is C11H15NO4. The minimum Gasteiger partial charge on any atom is -0.481 e. The van der Waals surface area contributed by atoms with Crippen molar-refractivity contribution >= 4 is 11.9 Å². The minimum absolute atomic E-state index is 0.00213. The molecular weight excluding hydrogens is 210 g/mol. The van der Waals surface area contributed by atoms with E-state index in [9.17, 15) is 9.59 Å². The van der Waals surface area contributed by atoms with Gasteiger partial charge in [0.05, 0.1) is 6.42 Å². The number of hydrogen-bond acceptors (Lipinski definition) is 3. The molecule has 0 aromatic rings. The summed E-state index contributed by atoms with van der Waals surface area (Å²) < 4.78 is 0. The van der Waals surface area contributed by atoms with E-state index < -0.39 is 18.0 Å². The van der Waals surface area contributed by atoms with Crippen molar-refractivity contribution in [2.24, 2.45) is 11.7 Å². The van der Waals surface area contributed by atoms with Gasteiger partial charge in [-0.1, -0.05) is 23.8 Å². The van der Waals surface area contributed by atoms with Gasteiger partial charge in [-0.05, 0) is 18.8 Å². The Balaban J connectivity index is 2.45. The Hall–Kier alpha value is -1.62. The number of nitrogens with two attached hydrogens (primary N) is 1. The van der Waals surface area contributed by atoms with E-state index in [1.165, 1.54) is 0 Å². The topological polar surface area (TPSA) is 101 Å². The SMILES string of the molecule is N[C@@H](CC1=CCC(CC(=O)O)C=C1)C(=O)O. The predicted octanol–water partition coefficient (Wildman–Crippen LogP) is 0.766. The molecule has 0 bridgehead atoms. The summed E-state index contributed by atoms with van der Waals surface area (Å²) in [6.45, 7) is 0. The second-order valence-corrected chi connectivity index (χ2v) is 3.88. The Labute approximate surface area is 93.3 Å². The second-order valence-electron chi connectivity index (χ2n) is 3.88. The van der Waals surface area contributed by atoms with Crippen LogP contribution in [0.1, 0.15) is 19.3 Å². The maximum atomic E-state index is 10.5. The summed E-state index contributed by atoms with van der Waals surface area (Å²) in [6, 6.07) is -0.896. The van der Waals surface area contributed by atoms with Crippen molar-refractivity contribution in [3.8, 4) is 0 Å². The first kappa shape index (κ1) is 12.4. The van der Waals surface area contributed by atoms with E-state index in [1.807, 2.05) is 6.08 Å². The van der Waals surface area contributed by atoms with Gasteiger partial charge in [-0.25, -0.2) is 0 Å². The fourth-order valence-electron chi connectivity index (χ4n) is 1.58. The zero-order chi connectivity index (χ0) is 12.1. The lowest BCUT2D eigenvalue weighted by Crippen LogP contribution is -2.30. The van der Waals surface area contributed by atoms with E-state index in [0.717, 1.165) is 5.57 Å². The van der Waals surface area contributed by atoms with Crippen LogP contribution in [0.25, 0.3) is 0 Å². The van der Waals surface area contributed by atoms with Gasteiger partial charge in [-0.15, -0.1) is 0 Å². The molecule has 0 heterocycles. The minimum atomic E-state index is -1.03. The zero-order valence-corrected chi connectivity index (χ0v) is 8.80. The fourth-order valence-corrected chi connectivity index (χ4v) is 1.58. The Morgan fingerprint density at radius 3 is 2.62 bits per heavy atom. The Morgan fingerprint density at radius 2 is 2.19 bits per heavy atom. The highest BCUT2D eigenvalue weighted by molar-refractivity contribution is 5.73. The van der Waals surface area contributed by atoms with Crippen LogP contribution in [0, 0.1) is 5.92 Å². The lowest BCUT2D eigenvalue weighted by molar-refractivity contribution is -0.139. The van der Waals surface area contributed by atoms with Gasteiger partial charge in [0.15, 0.2) is 0 Å². The summed E-state index contributed by atoms with van der Waals surface area (Å²) in [5.41, 5.74) is 6.25. The molecule has 0 radical (unpaired) electrons. The maximum Gasteiger partial charge on any atom is 0.320 e. The predicted molar refractivity (Wildman–Crippen MR) is 57.8 cm³/mol. The van der Waals surface area contributed by atoms with Gasteiger partial charge in [0.25, 0.3) is 0 Å². The molecule has 0 saturated heterocycles. The molecule has 0 amide bonds. The Morgan fingerprint density at radius 1 is 1.50 bits per heavy atom. The van der Waals surface area contributed by atoms with Crippen molar-refractivity contribution in [1.82, 2.24) is 0 Å². The number of rotatable bonds is 5. The van der Waals surface area contributed by atoms with Gasteiger partial charge in [0.1, 0.15) is 6.04 Å². The second kappa shape index (κ2) is 5.46. The average molecular weight is 225 g/mol. The molecule has 1 unspecified atom stereocenters. The molecule has 5 nitrogen and oxygen atoms in total. The van der Waals surface area contributed by atoms with Crippen molar-refractivity contribution in [1.29, 1.82) is 0 Å². The molecule has 0 fully saturated rings. The van der Waals surface area contributed by atoms with Crippen LogP contribution in [0.3, 0.4) is 0 Å². The van der Waals surface area contributed by atoms with Crippen LogP contribution < -0.4 is 5.73 Å². The molecule has 0 aliphatic heterocycles. The van der Waals surface area contributed by atoms with E-state index in [0.29, 0.717) is 6.42 Å². The summed E-state index contributed by atoms with van der Waals surface area (Å²) in [6.07, 6.45) is 6.44. The number of carboxylic acid groups (broad SMARTS) is 2. The molecule has 0 spiro atoms. The summed E-state index contributed by atoms with van der Waals surface area (Å²) in [5.74, 6) is -1.85. The van der Waals surface area contributed by atoms with E-state index in [2.05, 4.69) is 0 Å². The first-order chi connectivity index (χ1) is 7.49.